The fourth-order valence-corrected chi connectivity index (χ4v) is 4.17. The van der Waals surface area contributed by atoms with Crippen molar-refractivity contribution in [2.75, 3.05) is 0 Å². The molecule has 1 aromatic heterocycles. The van der Waals surface area contributed by atoms with Gasteiger partial charge < -0.3 is 14.6 Å². The molecule has 0 unspecified atom stereocenters. The van der Waals surface area contributed by atoms with E-state index in [9.17, 15) is 14.3 Å². The molecule has 0 saturated heterocycles. The Bertz CT molecular complexity index is 1400. The molecule has 0 atom stereocenters. The number of furan rings is 1. The second-order valence-corrected chi connectivity index (χ2v) is 7.84. The molecule has 1 heterocycles. The summed E-state index contributed by atoms with van der Waals surface area (Å²) in [5.74, 6) is -1.41. The number of fused-ring (bicyclic) bond motifs is 1. The number of halogens is 2. The summed E-state index contributed by atoms with van der Waals surface area (Å²) in [6.45, 7) is 1.98. The number of benzene rings is 3. The first-order valence-corrected chi connectivity index (χ1v) is 10.7. The fraction of sp³-hybridized carbons (Fsp3) is 0.0741. The van der Waals surface area contributed by atoms with Gasteiger partial charge in [0.05, 0.1) is 11.3 Å². The van der Waals surface area contributed by atoms with Gasteiger partial charge in [-0.25, -0.2) is 9.18 Å². The van der Waals surface area contributed by atoms with Crippen LogP contribution in [0.5, 0.6) is 5.75 Å². The zero-order valence-corrected chi connectivity index (χ0v) is 18.4. The number of carbonyl (C=O) groups is 1. The van der Waals surface area contributed by atoms with Crippen LogP contribution in [-0.2, 0) is 4.79 Å². The molecule has 33 heavy (non-hydrogen) atoms. The maximum atomic E-state index is 13.7. The number of allylic oxidation sites excluding steroid dienone is 1. The van der Waals surface area contributed by atoms with Gasteiger partial charge in [-0.05, 0) is 58.5 Å². The Labute approximate surface area is 194 Å². The first kappa shape index (κ1) is 22.4. The van der Waals surface area contributed by atoms with E-state index < -0.39 is 11.8 Å². The first-order valence-electron chi connectivity index (χ1n) is 10.3. The number of hydrogen-bond donors (Lipinski definition) is 2. The summed E-state index contributed by atoms with van der Waals surface area (Å²) < 4.78 is 19.4. The van der Waals surface area contributed by atoms with Crippen LogP contribution in [-0.4, -0.2) is 16.2 Å². The van der Waals surface area contributed by atoms with E-state index in [1.54, 1.807) is 24.5 Å². The Balaban J connectivity index is 1.99. The van der Waals surface area contributed by atoms with Crippen molar-refractivity contribution in [3.05, 3.63) is 106 Å². The van der Waals surface area contributed by atoms with Crippen molar-refractivity contribution >= 4 is 45.8 Å². The summed E-state index contributed by atoms with van der Waals surface area (Å²) in [6, 6.07) is 16.8. The highest BCUT2D eigenvalue weighted by atomic mass is 35.5. The number of aromatic hydroxyl groups is 1. The number of phenols is 1. The van der Waals surface area contributed by atoms with Gasteiger partial charge in [0, 0.05) is 17.0 Å². The van der Waals surface area contributed by atoms with Gasteiger partial charge in [-0.2, -0.15) is 0 Å². The van der Waals surface area contributed by atoms with Gasteiger partial charge >= 0.3 is 5.97 Å². The highest BCUT2D eigenvalue weighted by Crippen LogP contribution is 2.41. The second kappa shape index (κ2) is 9.35. The Morgan fingerprint density at radius 1 is 1.09 bits per heavy atom. The van der Waals surface area contributed by atoms with Crippen molar-refractivity contribution in [3.8, 4) is 5.75 Å². The normalized spacial score (nSPS) is 12.3. The number of carboxylic acids is 1. The Morgan fingerprint density at radius 3 is 2.52 bits per heavy atom. The van der Waals surface area contributed by atoms with Crippen LogP contribution < -0.4 is 0 Å². The van der Waals surface area contributed by atoms with Crippen LogP contribution >= 0.6 is 11.6 Å². The monoisotopic (exact) mass is 462 g/mol. The average molecular weight is 463 g/mol. The smallest absolute Gasteiger partial charge is 0.328 e. The third kappa shape index (κ3) is 4.54. The van der Waals surface area contributed by atoms with Gasteiger partial charge in [-0.3, -0.25) is 0 Å². The summed E-state index contributed by atoms with van der Waals surface area (Å²) >= 11 is 6.43. The lowest BCUT2D eigenvalue weighted by molar-refractivity contribution is -0.131. The largest absolute Gasteiger partial charge is 0.504 e. The molecule has 0 spiro atoms. The molecule has 0 aliphatic carbocycles. The van der Waals surface area contributed by atoms with E-state index in [0.29, 0.717) is 22.6 Å². The number of hydrogen-bond acceptors (Lipinski definition) is 3. The lowest BCUT2D eigenvalue weighted by Crippen LogP contribution is -1.96. The predicted octanol–water partition coefficient (Wildman–Crippen LogP) is 7.40. The number of carboxylic acid groups (broad SMARTS) is 1. The number of phenolic OH excluding ortho intramolecular Hbond substituents is 1. The van der Waals surface area contributed by atoms with Crippen molar-refractivity contribution in [2.24, 2.45) is 0 Å². The van der Waals surface area contributed by atoms with E-state index in [4.69, 9.17) is 21.1 Å². The minimum Gasteiger partial charge on any atom is -0.504 e. The lowest BCUT2D eigenvalue weighted by Gasteiger charge is -2.16. The van der Waals surface area contributed by atoms with Crippen molar-refractivity contribution in [1.29, 1.82) is 0 Å². The molecule has 0 saturated carbocycles. The molecule has 6 heteroatoms. The van der Waals surface area contributed by atoms with Gasteiger partial charge in [0.25, 0.3) is 0 Å². The van der Waals surface area contributed by atoms with Gasteiger partial charge in [0.15, 0.2) is 11.3 Å². The quantitative estimate of drug-likeness (QED) is 0.231. The Kier molecular flexibility index (Phi) is 6.33. The van der Waals surface area contributed by atoms with Gasteiger partial charge in [-0.1, -0.05) is 61.0 Å². The van der Waals surface area contributed by atoms with Crippen LogP contribution in [0.2, 0.25) is 5.02 Å². The molecular weight excluding hydrogens is 443 g/mol. The Morgan fingerprint density at radius 2 is 1.85 bits per heavy atom. The molecule has 4 aromatic rings. The minimum absolute atomic E-state index is 0.0325. The molecule has 0 fully saturated rings. The van der Waals surface area contributed by atoms with Crippen LogP contribution in [0.15, 0.2) is 77.4 Å². The first-order chi connectivity index (χ1) is 15.9. The van der Waals surface area contributed by atoms with Crippen LogP contribution in [0.3, 0.4) is 0 Å². The highest BCUT2D eigenvalue weighted by Gasteiger charge is 2.20. The van der Waals surface area contributed by atoms with Crippen molar-refractivity contribution in [2.45, 2.75) is 13.3 Å². The van der Waals surface area contributed by atoms with Gasteiger partial charge in [0.1, 0.15) is 5.82 Å². The van der Waals surface area contributed by atoms with Crippen LogP contribution in [0.25, 0.3) is 28.2 Å². The summed E-state index contributed by atoms with van der Waals surface area (Å²) in [5.41, 5.74) is 5.08. The molecule has 0 radical (unpaired) electrons. The Hall–Kier alpha value is -3.83. The van der Waals surface area contributed by atoms with E-state index in [0.717, 1.165) is 39.3 Å². The van der Waals surface area contributed by atoms with E-state index in [1.165, 1.54) is 18.2 Å². The van der Waals surface area contributed by atoms with Crippen molar-refractivity contribution < 1.29 is 23.8 Å². The van der Waals surface area contributed by atoms with Crippen molar-refractivity contribution in [3.63, 3.8) is 0 Å². The number of aliphatic carboxylic acids is 1. The summed E-state index contributed by atoms with van der Waals surface area (Å²) in [4.78, 5) is 10.8. The van der Waals surface area contributed by atoms with E-state index in [1.807, 2.05) is 37.3 Å². The molecule has 0 bridgehead atoms. The van der Waals surface area contributed by atoms with Gasteiger partial charge in [-0.15, -0.1) is 0 Å². The molecule has 0 amide bonds. The highest BCUT2D eigenvalue weighted by molar-refractivity contribution is 6.32. The molecule has 166 valence electrons. The standard InChI is InChI=1S/C27H20ClFO4/c1-2-19(20-12-11-18(29)14-23(20)28)26(17-9-6-16(7-10-17)8-13-25(31)32)22-15-33-27-21(22)4-3-5-24(27)30/h3-15,30H,2H2,1H3,(H,31,32)/b13-8+,26-19+. The third-order valence-corrected chi connectivity index (χ3v) is 5.69. The SMILES string of the molecule is CC/C(=C(/c1ccc(/C=C/C(=O)O)cc1)c1coc2c(O)cccc12)c1ccc(F)cc1Cl. The average Bonchev–Trinajstić information content (AvgIpc) is 3.22. The van der Waals surface area contributed by atoms with E-state index in [-0.39, 0.29) is 5.75 Å². The second-order valence-electron chi connectivity index (χ2n) is 7.43. The maximum Gasteiger partial charge on any atom is 0.328 e. The number of rotatable bonds is 6. The maximum absolute atomic E-state index is 13.7. The summed E-state index contributed by atoms with van der Waals surface area (Å²) in [6.07, 6.45) is 4.77. The molecule has 0 aliphatic heterocycles. The van der Waals surface area contributed by atoms with Crippen LogP contribution in [0, 0.1) is 5.82 Å². The zero-order chi connectivity index (χ0) is 23.5. The number of para-hydroxylation sites is 1. The van der Waals surface area contributed by atoms with E-state index >= 15 is 0 Å². The molecular formula is C27H20ClFO4. The zero-order valence-electron chi connectivity index (χ0n) is 17.7. The summed E-state index contributed by atoms with van der Waals surface area (Å²) in [5, 5.41) is 20.1. The molecule has 2 N–H and O–H groups in total. The van der Waals surface area contributed by atoms with Crippen LogP contribution in [0.4, 0.5) is 4.39 Å². The van der Waals surface area contributed by atoms with Gasteiger partial charge in [0.2, 0.25) is 0 Å². The topological polar surface area (TPSA) is 70.7 Å². The third-order valence-electron chi connectivity index (χ3n) is 5.38. The summed E-state index contributed by atoms with van der Waals surface area (Å²) in [7, 11) is 0. The minimum atomic E-state index is -1.02. The van der Waals surface area contributed by atoms with E-state index in [2.05, 4.69) is 0 Å². The molecule has 3 aromatic carbocycles. The lowest BCUT2D eigenvalue weighted by atomic mass is 9.87. The predicted molar refractivity (Wildman–Crippen MR) is 129 cm³/mol. The van der Waals surface area contributed by atoms with Crippen LogP contribution in [0.1, 0.15) is 35.6 Å². The molecule has 4 rings (SSSR count). The van der Waals surface area contributed by atoms with Crippen molar-refractivity contribution in [1.82, 2.24) is 0 Å². The molecule has 0 aliphatic rings. The molecule has 4 nitrogen and oxygen atoms in total. The fourth-order valence-electron chi connectivity index (χ4n) is 3.89.